The van der Waals surface area contributed by atoms with Gasteiger partial charge in [-0.15, -0.1) is 0 Å². The van der Waals surface area contributed by atoms with Crippen molar-refractivity contribution in [3.8, 4) is 0 Å². The standard InChI is InChI=1S/C21H22O/c1-22-21(13-7-8-14-21)20-18-12-6-5-11-17(18)15-19(20)16-9-3-2-4-10-16/h2-6,9-12,15,20H,7-8,13-14H2,1H3/t20-/m0/s1. The molecular weight excluding hydrogens is 268 g/mol. The quantitative estimate of drug-likeness (QED) is 0.747. The maximum absolute atomic E-state index is 6.15. The van der Waals surface area contributed by atoms with E-state index >= 15 is 0 Å². The molecule has 0 saturated heterocycles. The van der Waals surface area contributed by atoms with Crippen molar-refractivity contribution >= 4 is 11.6 Å². The lowest BCUT2D eigenvalue weighted by molar-refractivity contribution is -0.0132. The summed E-state index contributed by atoms with van der Waals surface area (Å²) in [7, 11) is 1.90. The minimum absolute atomic E-state index is 0.0335. The first-order chi connectivity index (χ1) is 10.8. The second kappa shape index (κ2) is 5.40. The van der Waals surface area contributed by atoms with Crippen LogP contribution in [-0.2, 0) is 4.74 Å². The van der Waals surface area contributed by atoms with Gasteiger partial charge in [0.1, 0.15) is 0 Å². The summed E-state index contributed by atoms with van der Waals surface area (Å²) in [6, 6.07) is 19.6. The van der Waals surface area contributed by atoms with Gasteiger partial charge in [0.25, 0.3) is 0 Å². The molecule has 0 aliphatic heterocycles. The molecule has 0 aromatic heterocycles. The summed E-state index contributed by atoms with van der Waals surface area (Å²) in [5.41, 5.74) is 5.51. The maximum atomic E-state index is 6.15. The highest BCUT2D eigenvalue weighted by Gasteiger charge is 2.46. The Morgan fingerprint density at radius 2 is 1.59 bits per heavy atom. The van der Waals surface area contributed by atoms with Crippen molar-refractivity contribution in [3.63, 3.8) is 0 Å². The van der Waals surface area contributed by atoms with Gasteiger partial charge in [-0.1, -0.05) is 73.5 Å². The molecule has 112 valence electrons. The van der Waals surface area contributed by atoms with Gasteiger partial charge >= 0.3 is 0 Å². The van der Waals surface area contributed by atoms with Crippen molar-refractivity contribution in [1.29, 1.82) is 0 Å². The largest absolute Gasteiger partial charge is 0.377 e. The number of fused-ring (bicyclic) bond motifs is 1. The van der Waals surface area contributed by atoms with Gasteiger partial charge in [0, 0.05) is 13.0 Å². The smallest absolute Gasteiger partial charge is 0.0787 e. The first-order valence-corrected chi connectivity index (χ1v) is 8.25. The van der Waals surface area contributed by atoms with E-state index in [0.717, 1.165) is 12.8 Å². The van der Waals surface area contributed by atoms with Crippen LogP contribution < -0.4 is 0 Å². The molecule has 1 nitrogen and oxygen atoms in total. The second-order valence-electron chi connectivity index (χ2n) is 6.50. The summed E-state index contributed by atoms with van der Waals surface area (Å²) < 4.78 is 6.15. The fourth-order valence-electron chi connectivity index (χ4n) is 4.36. The van der Waals surface area contributed by atoms with E-state index in [0.29, 0.717) is 5.92 Å². The predicted molar refractivity (Wildman–Crippen MR) is 91.7 cm³/mol. The van der Waals surface area contributed by atoms with Crippen molar-refractivity contribution < 1.29 is 4.74 Å². The fraction of sp³-hybridized carbons (Fsp3) is 0.333. The fourth-order valence-corrected chi connectivity index (χ4v) is 4.36. The second-order valence-corrected chi connectivity index (χ2v) is 6.50. The third-order valence-electron chi connectivity index (χ3n) is 5.42. The van der Waals surface area contributed by atoms with Gasteiger partial charge in [-0.25, -0.2) is 0 Å². The van der Waals surface area contributed by atoms with Crippen molar-refractivity contribution in [1.82, 2.24) is 0 Å². The molecule has 2 aliphatic carbocycles. The van der Waals surface area contributed by atoms with Gasteiger partial charge in [0.05, 0.1) is 5.60 Å². The number of rotatable bonds is 3. The van der Waals surface area contributed by atoms with Crippen molar-refractivity contribution in [3.05, 3.63) is 71.3 Å². The molecule has 0 radical (unpaired) electrons. The lowest BCUT2D eigenvalue weighted by Gasteiger charge is -2.37. The van der Waals surface area contributed by atoms with E-state index in [1.54, 1.807) is 0 Å². The zero-order chi connectivity index (χ0) is 15.0. The molecule has 0 amide bonds. The maximum Gasteiger partial charge on any atom is 0.0787 e. The Kier molecular flexibility index (Phi) is 3.38. The highest BCUT2D eigenvalue weighted by atomic mass is 16.5. The lowest BCUT2D eigenvalue weighted by Crippen LogP contribution is -2.35. The molecule has 1 atom stereocenters. The molecule has 0 spiro atoms. The highest BCUT2D eigenvalue weighted by Crippen LogP contribution is 2.54. The van der Waals surface area contributed by atoms with Crippen molar-refractivity contribution in [2.75, 3.05) is 7.11 Å². The van der Waals surface area contributed by atoms with Crippen LogP contribution in [0.4, 0.5) is 0 Å². The Labute approximate surface area is 132 Å². The third-order valence-corrected chi connectivity index (χ3v) is 5.42. The Morgan fingerprint density at radius 1 is 0.909 bits per heavy atom. The number of methoxy groups -OCH3 is 1. The van der Waals surface area contributed by atoms with Crippen LogP contribution >= 0.6 is 0 Å². The summed E-state index contributed by atoms with van der Waals surface area (Å²) in [5.74, 6) is 0.360. The minimum atomic E-state index is -0.0335. The van der Waals surface area contributed by atoms with Gasteiger partial charge in [0.15, 0.2) is 0 Å². The SMILES string of the molecule is COC1([C@@H]2C(c3ccccc3)=Cc3ccccc32)CCCC1. The molecule has 1 heteroatoms. The van der Waals surface area contributed by atoms with E-state index in [4.69, 9.17) is 4.74 Å². The van der Waals surface area contributed by atoms with Crippen LogP contribution in [0.15, 0.2) is 54.6 Å². The molecule has 2 aromatic carbocycles. The molecule has 2 aromatic rings. The molecule has 0 N–H and O–H groups in total. The van der Waals surface area contributed by atoms with Crippen molar-refractivity contribution in [2.24, 2.45) is 0 Å². The van der Waals surface area contributed by atoms with E-state index in [1.807, 2.05) is 7.11 Å². The normalized spacial score (nSPS) is 22.4. The Morgan fingerprint density at radius 3 is 2.32 bits per heavy atom. The van der Waals surface area contributed by atoms with E-state index in [1.165, 1.54) is 35.1 Å². The molecule has 22 heavy (non-hydrogen) atoms. The van der Waals surface area contributed by atoms with Crippen LogP contribution in [0.1, 0.15) is 48.3 Å². The van der Waals surface area contributed by atoms with E-state index in [2.05, 4.69) is 60.7 Å². The average molecular weight is 290 g/mol. The molecular formula is C21H22O. The van der Waals surface area contributed by atoms with Gasteiger partial charge in [-0.05, 0) is 35.1 Å². The monoisotopic (exact) mass is 290 g/mol. The molecule has 0 bridgehead atoms. The Balaban J connectivity index is 1.87. The first kappa shape index (κ1) is 13.8. The Hall–Kier alpha value is -1.86. The molecule has 1 saturated carbocycles. The van der Waals surface area contributed by atoms with Gasteiger partial charge in [0.2, 0.25) is 0 Å². The predicted octanol–water partition coefficient (Wildman–Crippen LogP) is 5.28. The topological polar surface area (TPSA) is 9.23 Å². The van der Waals surface area contributed by atoms with E-state index < -0.39 is 0 Å². The summed E-state index contributed by atoms with van der Waals surface area (Å²) in [6.45, 7) is 0. The lowest BCUT2D eigenvalue weighted by atomic mass is 9.76. The number of hydrogen-bond acceptors (Lipinski definition) is 1. The third kappa shape index (κ3) is 2.04. The van der Waals surface area contributed by atoms with Crippen LogP contribution in [-0.4, -0.2) is 12.7 Å². The highest BCUT2D eigenvalue weighted by molar-refractivity contribution is 5.92. The number of hydrogen-bond donors (Lipinski definition) is 0. The van der Waals surface area contributed by atoms with Crippen LogP contribution in [0.25, 0.3) is 11.6 Å². The zero-order valence-corrected chi connectivity index (χ0v) is 13.1. The van der Waals surface area contributed by atoms with Crippen LogP contribution in [0, 0.1) is 0 Å². The number of ether oxygens (including phenoxy) is 1. The first-order valence-electron chi connectivity index (χ1n) is 8.25. The summed E-state index contributed by atoms with van der Waals surface area (Å²) >= 11 is 0. The van der Waals surface area contributed by atoms with Crippen molar-refractivity contribution in [2.45, 2.75) is 37.2 Å². The minimum Gasteiger partial charge on any atom is -0.377 e. The number of benzene rings is 2. The molecule has 1 fully saturated rings. The van der Waals surface area contributed by atoms with E-state index in [9.17, 15) is 0 Å². The Bertz CT molecular complexity index is 693. The summed E-state index contributed by atoms with van der Waals surface area (Å²) in [6.07, 6.45) is 7.23. The van der Waals surface area contributed by atoms with E-state index in [-0.39, 0.29) is 5.60 Å². The van der Waals surface area contributed by atoms with Gasteiger partial charge < -0.3 is 4.74 Å². The molecule has 2 aliphatic rings. The van der Waals surface area contributed by atoms with Crippen LogP contribution in [0.2, 0.25) is 0 Å². The zero-order valence-electron chi connectivity index (χ0n) is 13.1. The van der Waals surface area contributed by atoms with Gasteiger partial charge in [-0.3, -0.25) is 0 Å². The average Bonchev–Trinajstić information content (AvgIpc) is 3.20. The van der Waals surface area contributed by atoms with Crippen LogP contribution in [0.3, 0.4) is 0 Å². The van der Waals surface area contributed by atoms with Crippen LogP contribution in [0.5, 0.6) is 0 Å². The molecule has 0 unspecified atom stereocenters. The molecule has 0 heterocycles. The summed E-state index contributed by atoms with van der Waals surface area (Å²) in [4.78, 5) is 0. The summed E-state index contributed by atoms with van der Waals surface area (Å²) in [5, 5.41) is 0. The van der Waals surface area contributed by atoms with Gasteiger partial charge in [-0.2, -0.15) is 0 Å². The molecule has 4 rings (SSSR count).